The molecule has 1 amide bonds. The second kappa shape index (κ2) is 9.25. The summed E-state index contributed by atoms with van der Waals surface area (Å²) in [7, 11) is 0. The summed E-state index contributed by atoms with van der Waals surface area (Å²) in [6, 6.07) is 15.1. The normalized spacial score (nSPS) is 14.9. The predicted octanol–water partition coefficient (Wildman–Crippen LogP) is 6.77. The van der Waals surface area contributed by atoms with Gasteiger partial charge in [0, 0.05) is 18.1 Å². The van der Waals surface area contributed by atoms with Gasteiger partial charge in [0.1, 0.15) is 17.2 Å². The first-order valence-electron chi connectivity index (χ1n) is 10.3. The van der Waals surface area contributed by atoms with E-state index in [1.165, 1.54) is 22.7 Å². The Morgan fingerprint density at radius 3 is 2.68 bits per heavy atom. The van der Waals surface area contributed by atoms with Crippen LogP contribution in [-0.4, -0.2) is 20.5 Å². The number of imidazole rings is 1. The van der Waals surface area contributed by atoms with Gasteiger partial charge in [0.25, 0.3) is 5.91 Å². The average molecular weight is 511 g/mol. The molecule has 0 spiro atoms. The maximum atomic E-state index is 14.7. The predicted molar refractivity (Wildman–Crippen MR) is 137 cm³/mol. The molecule has 5 nitrogen and oxygen atoms in total. The van der Waals surface area contributed by atoms with Crippen molar-refractivity contribution >= 4 is 63.4 Å². The number of thioether (sulfide) groups is 1. The van der Waals surface area contributed by atoms with E-state index < -0.39 is 11.7 Å². The lowest BCUT2D eigenvalue weighted by molar-refractivity contribution is -0.113. The maximum Gasteiger partial charge on any atom is 0.283 e. The quantitative estimate of drug-likeness (QED) is 0.284. The van der Waals surface area contributed by atoms with E-state index in [0.29, 0.717) is 26.5 Å². The molecule has 1 aliphatic heterocycles. The number of para-hydroxylation sites is 1. The van der Waals surface area contributed by atoms with Crippen LogP contribution < -0.4 is 4.90 Å². The van der Waals surface area contributed by atoms with Crippen LogP contribution in [-0.2, 0) is 10.5 Å². The van der Waals surface area contributed by atoms with Gasteiger partial charge in [-0.3, -0.25) is 9.69 Å². The highest BCUT2D eigenvalue weighted by Gasteiger charge is 2.33. The van der Waals surface area contributed by atoms with Crippen molar-refractivity contribution in [3.63, 3.8) is 0 Å². The molecular formula is C25H17Cl2FN4OS. The zero-order valence-electron chi connectivity index (χ0n) is 17.9. The molecule has 0 saturated heterocycles. The molecule has 0 radical (unpaired) electrons. The summed E-state index contributed by atoms with van der Waals surface area (Å²) < 4.78 is 16.6. The van der Waals surface area contributed by atoms with Crippen LogP contribution in [0.4, 0.5) is 10.1 Å². The van der Waals surface area contributed by atoms with Crippen LogP contribution in [0.5, 0.6) is 0 Å². The summed E-state index contributed by atoms with van der Waals surface area (Å²) >= 11 is 13.4. The van der Waals surface area contributed by atoms with Gasteiger partial charge in [-0.25, -0.2) is 14.4 Å². The fraction of sp³-hybridized carbons (Fsp3) is 0.0800. The van der Waals surface area contributed by atoms with Gasteiger partial charge in [0.05, 0.1) is 21.4 Å². The summed E-state index contributed by atoms with van der Waals surface area (Å²) in [5.74, 6) is -0.481. The number of aromatic nitrogens is 2. The number of hydrogen-bond donors (Lipinski definition) is 0. The van der Waals surface area contributed by atoms with Gasteiger partial charge in [-0.05, 0) is 54.5 Å². The molecule has 170 valence electrons. The number of carbonyl (C=O) groups excluding carboxylic acids is 1. The summed E-state index contributed by atoms with van der Waals surface area (Å²) in [5, 5.41) is 1.15. The minimum atomic E-state index is -0.511. The van der Waals surface area contributed by atoms with Crippen LogP contribution in [0.25, 0.3) is 11.7 Å². The van der Waals surface area contributed by atoms with Crippen LogP contribution in [0.2, 0.25) is 10.0 Å². The van der Waals surface area contributed by atoms with Gasteiger partial charge in [0.15, 0.2) is 5.17 Å². The summed E-state index contributed by atoms with van der Waals surface area (Å²) in [6.45, 7) is 2.00. The van der Waals surface area contributed by atoms with Crippen LogP contribution in [0.15, 0.2) is 77.7 Å². The number of fused-ring (bicyclic) bond motifs is 1. The Labute approximate surface area is 209 Å². The fourth-order valence-electron chi connectivity index (χ4n) is 3.61. The lowest BCUT2D eigenvalue weighted by Gasteiger charge is -2.18. The Bertz CT molecular complexity index is 1500. The van der Waals surface area contributed by atoms with Crippen molar-refractivity contribution in [1.82, 2.24) is 9.38 Å². The minimum absolute atomic E-state index is 0.141. The van der Waals surface area contributed by atoms with E-state index in [4.69, 9.17) is 23.2 Å². The molecule has 0 atom stereocenters. The van der Waals surface area contributed by atoms with Crippen LogP contribution in [0.1, 0.15) is 16.8 Å². The van der Waals surface area contributed by atoms with E-state index in [1.807, 2.05) is 35.9 Å². The van der Waals surface area contributed by atoms with Crippen LogP contribution >= 0.6 is 35.0 Å². The van der Waals surface area contributed by atoms with Crippen molar-refractivity contribution < 1.29 is 9.18 Å². The standard InChI is InChI=1S/C25H17Cl2FN4OS/c1-15-5-4-10-31-13-17(29-23(15)31)14-34-25-30-21(12-16-8-9-18(26)19(27)11-16)24(33)32(25)22-7-3-2-6-20(22)28/h2-13H,14H2,1H3/b21-12-. The van der Waals surface area contributed by atoms with Crippen molar-refractivity contribution in [2.24, 2.45) is 4.99 Å². The molecule has 2 aromatic heterocycles. The van der Waals surface area contributed by atoms with Crippen LogP contribution in [0, 0.1) is 12.7 Å². The van der Waals surface area contributed by atoms with E-state index in [-0.39, 0.29) is 11.4 Å². The monoisotopic (exact) mass is 510 g/mol. The molecule has 0 bridgehead atoms. The molecular weight excluding hydrogens is 494 g/mol. The molecule has 0 aliphatic carbocycles. The lowest BCUT2D eigenvalue weighted by Crippen LogP contribution is -2.31. The number of aliphatic imine (C=N–C) groups is 1. The van der Waals surface area contributed by atoms with Crippen LogP contribution in [0.3, 0.4) is 0 Å². The zero-order valence-corrected chi connectivity index (χ0v) is 20.2. The largest absolute Gasteiger partial charge is 0.307 e. The van der Waals surface area contributed by atoms with E-state index >= 15 is 0 Å². The van der Waals surface area contributed by atoms with Gasteiger partial charge in [-0.1, -0.05) is 59.2 Å². The Morgan fingerprint density at radius 2 is 1.91 bits per heavy atom. The number of rotatable bonds is 4. The third kappa shape index (κ3) is 4.34. The smallest absolute Gasteiger partial charge is 0.283 e. The van der Waals surface area contributed by atoms with Gasteiger partial charge in [-0.15, -0.1) is 0 Å². The first kappa shape index (κ1) is 22.7. The van der Waals surface area contributed by atoms with E-state index in [0.717, 1.165) is 16.9 Å². The fourth-order valence-corrected chi connectivity index (χ4v) is 4.81. The number of amidine groups is 1. The molecule has 1 aliphatic rings. The summed E-state index contributed by atoms with van der Waals surface area (Å²) in [6.07, 6.45) is 5.48. The SMILES string of the molecule is Cc1cccn2cc(CSC3=N/C(=C\c4ccc(Cl)c(Cl)c4)C(=O)N3c3ccccc3F)nc12. The number of carbonyl (C=O) groups is 1. The summed E-state index contributed by atoms with van der Waals surface area (Å²) in [5.41, 5.74) is 3.74. The topological polar surface area (TPSA) is 50.0 Å². The van der Waals surface area contributed by atoms with Crippen molar-refractivity contribution in [1.29, 1.82) is 0 Å². The van der Waals surface area contributed by atoms with Gasteiger partial charge in [0.2, 0.25) is 0 Å². The number of benzene rings is 2. The minimum Gasteiger partial charge on any atom is -0.307 e. The number of amides is 1. The number of hydrogen-bond acceptors (Lipinski definition) is 4. The maximum absolute atomic E-state index is 14.7. The zero-order chi connectivity index (χ0) is 23.8. The van der Waals surface area contributed by atoms with Crippen molar-refractivity contribution in [3.8, 4) is 0 Å². The third-order valence-electron chi connectivity index (χ3n) is 5.25. The molecule has 0 unspecified atom stereocenters. The molecule has 2 aromatic carbocycles. The van der Waals surface area contributed by atoms with Crippen molar-refractivity contribution in [3.05, 3.63) is 105 Å². The third-order valence-corrected chi connectivity index (χ3v) is 6.96. The molecule has 9 heteroatoms. The second-order valence-electron chi connectivity index (χ2n) is 7.63. The number of anilines is 1. The second-order valence-corrected chi connectivity index (χ2v) is 9.39. The number of nitrogens with zero attached hydrogens (tertiary/aromatic N) is 4. The molecule has 0 N–H and O–H groups in total. The molecule has 3 heterocycles. The number of halogens is 3. The molecule has 34 heavy (non-hydrogen) atoms. The van der Waals surface area contributed by atoms with Gasteiger partial charge < -0.3 is 4.40 Å². The lowest BCUT2D eigenvalue weighted by atomic mass is 10.2. The Morgan fingerprint density at radius 1 is 1.09 bits per heavy atom. The first-order chi connectivity index (χ1) is 16.4. The highest BCUT2D eigenvalue weighted by molar-refractivity contribution is 8.13. The first-order valence-corrected chi connectivity index (χ1v) is 12.1. The Balaban J connectivity index is 1.50. The van der Waals surface area contributed by atoms with Crippen molar-refractivity contribution in [2.45, 2.75) is 12.7 Å². The highest BCUT2D eigenvalue weighted by Crippen LogP contribution is 2.33. The summed E-state index contributed by atoms with van der Waals surface area (Å²) in [4.78, 5) is 23.8. The average Bonchev–Trinajstić information content (AvgIpc) is 3.37. The molecule has 0 fully saturated rings. The molecule has 0 saturated carbocycles. The Hall–Kier alpha value is -3.13. The Kier molecular flexibility index (Phi) is 6.16. The van der Waals surface area contributed by atoms with E-state index in [1.54, 1.807) is 42.5 Å². The van der Waals surface area contributed by atoms with Gasteiger partial charge in [-0.2, -0.15) is 0 Å². The van der Waals surface area contributed by atoms with E-state index in [2.05, 4.69) is 9.98 Å². The van der Waals surface area contributed by atoms with Crippen molar-refractivity contribution in [2.75, 3.05) is 4.90 Å². The molecule has 5 rings (SSSR count). The number of pyridine rings is 1. The number of aryl methyl sites for hydroxylation is 1. The van der Waals surface area contributed by atoms with Gasteiger partial charge >= 0.3 is 0 Å². The van der Waals surface area contributed by atoms with E-state index in [9.17, 15) is 9.18 Å². The molecule has 4 aromatic rings. The highest BCUT2D eigenvalue weighted by atomic mass is 35.5.